The second-order valence-corrected chi connectivity index (χ2v) is 11.4. The number of Topliss-reactive ketones (excluding diaryl/α,β-unsaturated/α-hetero) is 1. The van der Waals surface area contributed by atoms with Gasteiger partial charge in [0.15, 0.2) is 0 Å². The maximum absolute atomic E-state index is 13.0. The van der Waals surface area contributed by atoms with Gasteiger partial charge in [0, 0.05) is 22.8 Å². The van der Waals surface area contributed by atoms with E-state index in [1.807, 2.05) is 46.1 Å². The zero-order valence-electron chi connectivity index (χ0n) is 20.9. The minimum atomic E-state index is -0.692. The fourth-order valence-electron chi connectivity index (χ4n) is 4.55. The molecule has 178 valence electrons. The topological polar surface area (TPSA) is 56.3 Å². The van der Waals surface area contributed by atoms with Gasteiger partial charge in [-0.25, -0.2) is 9.78 Å². The van der Waals surface area contributed by atoms with Crippen LogP contribution in [0.5, 0.6) is 0 Å². The summed E-state index contributed by atoms with van der Waals surface area (Å²) in [7, 11) is 0. The second kappa shape index (κ2) is 11.9. The third-order valence-electron chi connectivity index (χ3n) is 6.57. The normalized spacial score (nSPS) is 30.0. The van der Waals surface area contributed by atoms with E-state index in [1.54, 1.807) is 17.4 Å². The quantitative estimate of drug-likeness (QED) is 0.439. The van der Waals surface area contributed by atoms with Crippen molar-refractivity contribution in [2.75, 3.05) is 0 Å². The number of rotatable bonds is 2. The van der Waals surface area contributed by atoms with Gasteiger partial charge in [-0.15, -0.1) is 11.3 Å². The third-order valence-corrected chi connectivity index (χ3v) is 7.36. The van der Waals surface area contributed by atoms with Crippen LogP contribution in [0.15, 0.2) is 23.1 Å². The van der Waals surface area contributed by atoms with Gasteiger partial charge in [0.25, 0.3) is 0 Å². The lowest BCUT2D eigenvalue weighted by molar-refractivity contribution is -0.141. The van der Waals surface area contributed by atoms with Crippen molar-refractivity contribution < 1.29 is 14.3 Å². The predicted molar refractivity (Wildman–Crippen MR) is 134 cm³/mol. The SMILES string of the molecule is C/C(=C\c1csc(C)n1)[C@@H]1CC[C@@H](C)CCC[C@H](C)C[C@@H](C)C(=O)C(C)(C)/C=C/C(=O)O1. The maximum atomic E-state index is 13.0. The van der Waals surface area contributed by atoms with Gasteiger partial charge in [0.2, 0.25) is 0 Å². The van der Waals surface area contributed by atoms with Crippen molar-refractivity contribution in [2.24, 2.45) is 23.2 Å². The van der Waals surface area contributed by atoms with E-state index < -0.39 is 5.41 Å². The van der Waals surface area contributed by atoms with Crippen molar-refractivity contribution in [3.05, 3.63) is 33.8 Å². The predicted octanol–water partition coefficient (Wildman–Crippen LogP) is 7.18. The van der Waals surface area contributed by atoms with E-state index in [2.05, 4.69) is 18.8 Å². The molecule has 4 atom stereocenters. The summed E-state index contributed by atoms with van der Waals surface area (Å²) in [6.07, 6.45) is 11.1. The molecule has 0 aliphatic carbocycles. The molecule has 0 aromatic carbocycles. The Hall–Kier alpha value is -1.75. The molecule has 1 aromatic rings. The van der Waals surface area contributed by atoms with Crippen molar-refractivity contribution in [2.45, 2.75) is 93.1 Å². The molecule has 2 heterocycles. The largest absolute Gasteiger partial charge is 0.455 e. The fourth-order valence-corrected chi connectivity index (χ4v) is 5.12. The maximum Gasteiger partial charge on any atom is 0.331 e. The van der Waals surface area contributed by atoms with Crippen molar-refractivity contribution in [1.82, 2.24) is 4.98 Å². The number of ketones is 1. The van der Waals surface area contributed by atoms with E-state index >= 15 is 0 Å². The van der Waals surface area contributed by atoms with Crippen LogP contribution in [0.1, 0.15) is 90.8 Å². The molecule has 1 aliphatic rings. The Balaban J connectivity index is 2.25. The average molecular weight is 460 g/mol. The zero-order chi connectivity index (χ0) is 23.9. The summed E-state index contributed by atoms with van der Waals surface area (Å²) in [5.74, 6) is 0.863. The smallest absolute Gasteiger partial charge is 0.331 e. The van der Waals surface area contributed by atoms with Crippen LogP contribution in [0.25, 0.3) is 6.08 Å². The summed E-state index contributed by atoms with van der Waals surface area (Å²) in [5.41, 5.74) is 1.22. The van der Waals surface area contributed by atoms with E-state index in [-0.39, 0.29) is 23.8 Å². The highest BCUT2D eigenvalue weighted by molar-refractivity contribution is 7.09. The number of esters is 1. The van der Waals surface area contributed by atoms with Gasteiger partial charge in [-0.1, -0.05) is 46.1 Å². The summed E-state index contributed by atoms with van der Waals surface area (Å²) < 4.78 is 5.88. The lowest BCUT2D eigenvalue weighted by Gasteiger charge is -2.26. The molecule has 0 saturated heterocycles. The van der Waals surface area contributed by atoms with Crippen molar-refractivity contribution in [3.63, 3.8) is 0 Å². The van der Waals surface area contributed by atoms with Gasteiger partial charge in [0.05, 0.1) is 10.7 Å². The Morgan fingerprint density at radius 2 is 1.81 bits per heavy atom. The molecule has 32 heavy (non-hydrogen) atoms. The molecular weight excluding hydrogens is 418 g/mol. The number of carbonyl (C=O) groups excluding carboxylic acids is 2. The molecular formula is C27H41NO3S. The highest BCUT2D eigenvalue weighted by Crippen LogP contribution is 2.29. The van der Waals surface area contributed by atoms with Gasteiger partial charge >= 0.3 is 5.97 Å². The monoisotopic (exact) mass is 459 g/mol. The Morgan fingerprint density at radius 1 is 1.12 bits per heavy atom. The first-order chi connectivity index (χ1) is 15.0. The van der Waals surface area contributed by atoms with Gasteiger partial charge in [-0.05, 0) is 70.4 Å². The summed E-state index contributed by atoms with van der Waals surface area (Å²) in [5, 5.41) is 3.04. The molecule has 1 aliphatic heterocycles. The van der Waals surface area contributed by atoms with Gasteiger partial charge in [0.1, 0.15) is 11.9 Å². The Morgan fingerprint density at radius 3 is 2.47 bits per heavy atom. The van der Waals surface area contributed by atoms with Crippen LogP contribution in [0.4, 0.5) is 0 Å². The van der Waals surface area contributed by atoms with Gasteiger partial charge in [-0.3, -0.25) is 4.79 Å². The first kappa shape index (κ1) is 26.5. The number of thiazole rings is 1. The Kier molecular flexibility index (Phi) is 9.87. The first-order valence-corrected chi connectivity index (χ1v) is 12.9. The zero-order valence-corrected chi connectivity index (χ0v) is 21.8. The minimum Gasteiger partial charge on any atom is -0.455 e. The fraction of sp³-hybridized carbons (Fsp3) is 0.667. The Bertz CT molecular complexity index is 836. The van der Waals surface area contributed by atoms with Crippen LogP contribution in [0.3, 0.4) is 0 Å². The number of aromatic nitrogens is 1. The lowest BCUT2D eigenvalue weighted by Crippen LogP contribution is -2.29. The summed E-state index contributed by atoms with van der Waals surface area (Å²) in [6, 6.07) is 0. The number of nitrogens with zero attached hydrogens (tertiary/aromatic N) is 1. The van der Waals surface area contributed by atoms with Crippen LogP contribution >= 0.6 is 11.3 Å². The molecule has 0 unspecified atom stereocenters. The van der Waals surface area contributed by atoms with Crippen LogP contribution < -0.4 is 0 Å². The molecule has 0 amide bonds. The molecule has 0 saturated carbocycles. The number of carbonyl (C=O) groups is 2. The van der Waals surface area contributed by atoms with Crippen LogP contribution in [0, 0.1) is 30.1 Å². The van der Waals surface area contributed by atoms with E-state index in [4.69, 9.17) is 4.74 Å². The Labute approximate surface area is 198 Å². The van der Waals surface area contributed by atoms with E-state index in [0.29, 0.717) is 11.8 Å². The summed E-state index contributed by atoms with van der Waals surface area (Å²) >= 11 is 1.61. The molecule has 0 radical (unpaired) electrons. The van der Waals surface area contributed by atoms with E-state index in [9.17, 15) is 9.59 Å². The van der Waals surface area contributed by atoms with Crippen LogP contribution in [0.2, 0.25) is 0 Å². The summed E-state index contributed by atoms with van der Waals surface area (Å²) in [6.45, 7) is 14.3. The minimum absolute atomic E-state index is 0.0227. The molecule has 5 heteroatoms. The first-order valence-electron chi connectivity index (χ1n) is 12.0. The summed E-state index contributed by atoms with van der Waals surface area (Å²) in [4.78, 5) is 30.2. The van der Waals surface area contributed by atoms with Crippen molar-refractivity contribution in [3.8, 4) is 0 Å². The van der Waals surface area contributed by atoms with Crippen LogP contribution in [-0.2, 0) is 14.3 Å². The molecule has 4 nitrogen and oxygen atoms in total. The number of allylic oxidation sites excluding steroid dienone is 1. The molecule has 2 rings (SSSR count). The van der Waals surface area contributed by atoms with Crippen LogP contribution in [-0.4, -0.2) is 22.8 Å². The standard InChI is InChI=1S/C27H41NO3S/c1-18-9-8-10-19(2)15-21(4)26(30)27(6,7)14-13-25(29)31-24(12-11-18)20(3)16-23-17-32-22(5)28-23/h13-14,16-19,21,24H,8-12,15H2,1-7H3/b14-13+,20-16+/t18-,19-,21+,24-/m0/s1. The number of aryl methyl sites for hydroxylation is 1. The highest BCUT2D eigenvalue weighted by atomic mass is 32.1. The second-order valence-electron chi connectivity index (χ2n) is 10.4. The van der Waals surface area contributed by atoms with E-state index in [0.717, 1.165) is 48.4 Å². The van der Waals surface area contributed by atoms with Gasteiger partial charge in [-0.2, -0.15) is 0 Å². The molecule has 1 aromatic heterocycles. The highest BCUT2D eigenvalue weighted by Gasteiger charge is 2.30. The van der Waals surface area contributed by atoms with E-state index in [1.165, 1.54) is 12.5 Å². The van der Waals surface area contributed by atoms with Crippen molar-refractivity contribution >= 4 is 29.2 Å². The molecule has 0 N–H and O–H groups in total. The number of cyclic esters (lactones) is 1. The number of hydrogen-bond acceptors (Lipinski definition) is 5. The molecule has 0 fully saturated rings. The lowest BCUT2D eigenvalue weighted by atomic mass is 9.78. The van der Waals surface area contributed by atoms with Crippen molar-refractivity contribution in [1.29, 1.82) is 0 Å². The van der Waals surface area contributed by atoms with Gasteiger partial charge < -0.3 is 4.74 Å². The average Bonchev–Trinajstić information content (AvgIpc) is 3.12. The molecule has 0 bridgehead atoms. The molecule has 0 spiro atoms. The third kappa shape index (κ3) is 8.31. The number of hydrogen-bond donors (Lipinski definition) is 0. The number of ether oxygens (including phenoxy) is 1.